The molecule has 0 radical (unpaired) electrons. The van der Waals surface area contributed by atoms with Crippen molar-refractivity contribution in [1.82, 2.24) is 10.2 Å². The summed E-state index contributed by atoms with van der Waals surface area (Å²) in [5.41, 5.74) is 0.921. The van der Waals surface area contributed by atoms with Crippen LogP contribution in [0.3, 0.4) is 0 Å². The second-order valence-electron chi connectivity index (χ2n) is 9.75. The van der Waals surface area contributed by atoms with Crippen LogP contribution in [0.4, 0.5) is 4.79 Å². The second kappa shape index (κ2) is 12.1. The molecule has 0 unspecified atom stereocenters. The second-order valence-corrected chi connectivity index (χ2v) is 9.75. The van der Waals surface area contributed by atoms with E-state index in [-0.39, 0.29) is 17.5 Å². The fourth-order valence-electron chi connectivity index (χ4n) is 4.16. The number of nitrogens with one attached hydrogen (secondary N) is 1. The Balaban J connectivity index is 1.88. The number of unbranched alkanes of at least 4 members (excludes halogenated alkanes) is 2. The molecule has 2 rings (SSSR count). The van der Waals surface area contributed by atoms with Gasteiger partial charge in [0.1, 0.15) is 5.60 Å². The van der Waals surface area contributed by atoms with Crippen LogP contribution in [-0.4, -0.2) is 49.3 Å². The number of methoxy groups -OCH3 is 1. The number of piperidine rings is 1. The SMILES string of the molecule is COC(=O)CCCCCC1(CNC(=O)OC(C)(C)C)CCN(Cc2ccccc2)CC1. The first-order valence-corrected chi connectivity index (χ1v) is 11.5. The predicted octanol–water partition coefficient (Wildman–Crippen LogP) is 4.92. The number of carbonyl (C=O) groups excluding carboxylic acids is 2. The molecule has 1 aromatic rings. The van der Waals surface area contributed by atoms with Crippen LogP contribution >= 0.6 is 0 Å². The molecule has 1 aliphatic heterocycles. The normalized spacial score (nSPS) is 16.5. The smallest absolute Gasteiger partial charge is 0.407 e. The molecule has 1 fully saturated rings. The number of nitrogens with zero attached hydrogens (tertiary/aromatic N) is 1. The van der Waals surface area contributed by atoms with Crippen LogP contribution in [0.1, 0.15) is 71.3 Å². The molecule has 6 nitrogen and oxygen atoms in total. The number of likely N-dealkylation sites (tertiary alicyclic amines) is 1. The van der Waals surface area contributed by atoms with Gasteiger partial charge in [-0.05, 0) is 70.5 Å². The lowest BCUT2D eigenvalue weighted by atomic mass is 9.74. The highest BCUT2D eigenvalue weighted by Gasteiger charge is 2.35. The molecule has 0 saturated carbocycles. The van der Waals surface area contributed by atoms with Gasteiger partial charge >= 0.3 is 12.1 Å². The minimum absolute atomic E-state index is 0.0787. The summed E-state index contributed by atoms with van der Waals surface area (Å²) in [6.45, 7) is 9.29. The molecule has 174 valence electrons. The molecule has 1 aromatic carbocycles. The van der Waals surface area contributed by atoms with Crippen LogP contribution in [0.15, 0.2) is 30.3 Å². The van der Waals surface area contributed by atoms with E-state index in [9.17, 15) is 9.59 Å². The molecule has 0 bridgehead atoms. The van der Waals surface area contributed by atoms with Gasteiger partial charge in [-0.2, -0.15) is 0 Å². The third-order valence-electron chi connectivity index (χ3n) is 5.99. The average Bonchev–Trinajstić information content (AvgIpc) is 2.73. The van der Waals surface area contributed by atoms with E-state index in [2.05, 4.69) is 34.5 Å². The Morgan fingerprint density at radius 1 is 1.06 bits per heavy atom. The van der Waals surface area contributed by atoms with Gasteiger partial charge < -0.3 is 14.8 Å². The van der Waals surface area contributed by atoms with Crippen molar-refractivity contribution in [2.24, 2.45) is 5.41 Å². The monoisotopic (exact) mass is 432 g/mol. The van der Waals surface area contributed by atoms with Crippen molar-refractivity contribution >= 4 is 12.1 Å². The third-order valence-corrected chi connectivity index (χ3v) is 5.99. The Morgan fingerprint density at radius 2 is 1.74 bits per heavy atom. The molecule has 0 aliphatic carbocycles. The summed E-state index contributed by atoms with van der Waals surface area (Å²) >= 11 is 0. The van der Waals surface area contributed by atoms with Crippen molar-refractivity contribution in [3.8, 4) is 0 Å². The largest absolute Gasteiger partial charge is 0.469 e. The fraction of sp³-hybridized carbons (Fsp3) is 0.680. The molecule has 1 N–H and O–H groups in total. The van der Waals surface area contributed by atoms with E-state index in [1.807, 2.05) is 26.8 Å². The summed E-state index contributed by atoms with van der Waals surface area (Å²) in [7, 11) is 1.43. The quantitative estimate of drug-likeness (QED) is 0.420. The molecule has 0 atom stereocenters. The van der Waals surface area contributed by atoms with Gasteiger partial charge in [0, 0.05) is 19.5 Å². The standard InChI is InChI=1S/C25H40N2O4/c1-24(2,3)31-23(29)26-20-25(14-10-6-9-13-22(28)30-4)15-17-27(18-16-25)19-21-11-7-5-8-12-21/h5,7-8,11-12H,6,9-10,13-20H2,1-4H3,(H,26,29). The number of benzene rings is 1. The van der Waals surface area contributed by atoms with Crippen LogP contribution in [0.5, 0.6) is 0 Å². The number of carbonyl (C=O) groups is 2. The van der Waals surface area contributed by atoms with E-state index in [0.717, 1.165) is 58.2 Å². The molecule has 1 aliphatic rings. The van der Waals surface area contributed by atoms with E-state index in [4.69, 9.17) is 9.47 Å². The van der Waals surface area contributed by atoms with Crippen molar-refractivity contribution in [3.63, 3.8) is 0 Å². The van der Waals surface area contributed by atoms with E-state index >= 15 is 0 Å². The Hall–Kier alpha value is -2.08. The summed E-state index contributed by atoms with van der Waals surface area (Å²) in [6.07, 6.45) is 6.17. The number of ether oxygens (including phenoxy) is 2. The Bertz CT molecular complexity index is 677. The van der Waals surface area contributed by atoms with Crippen molar-refractivity contribution < 1.29 is 19.1 Å². The minimum atomic E-state index is -0.496. The number of esters is 1. The summed E-state index contributed by atoms with van der Waals surface area (Å²) < 4.78 is 10.2. The Kier molecular flexibility index (Phi) is 9.82. The maximum absolute atomic E-state index is 12.2. The van der Waals surface area contributed by atoms with Gasteiger partial charge in [-0.15, -0.1) is 0 Å². The van der Waals surface area contributed by atoms with Crippen LogP contribution in [-0.2, 0) is 20.8 Å². The molecular formula is C25H40N2O4. The molecule has 0 aromatic heterocycles. The molecule has 1 saturated heterocycles. The highest BCUT2D eigenvalue weighted by Crippen LogP contribution is 2.37. The Labute approximate surface area is 187 Å². The van der Waals surface area contributed by atoms with E-state index in [1.165, 1.54) is 12.7 Å². The third kappa shape index (κ3) is 9.72. The first kappa shape index (κ1) is 25.2. The number of hydrogen-bond acceptors (Lipinski definition) is 5. The fourth-order valence-corrected chi connectivity index (χ4v) is 4.16. The molecule has 1 amide bonds. The molecule has 31 heavy (non-hydrogen) atoms. The number of rotatable bonds is 10. The lowest BCUT2D eigenvalue weighted by Gasteiger charge is -2.42. The molecule has 6 heteroatoms. The maximum Gasteiger partial charge on any atom is 0.407 e. The van der Waals surface area contributed by atoms with Crippen LogP contribution < -0.4 is 5.32 Å². The van der Waals surface area contributed by atoms with Crippen molar-refractivity contribution in [3.05, 3.63) is 35.9 Å². The number of amides is 1. The maximum atomic E-state index is 12.2. The first-order chi connectivity index (χ1) is 14.7. The van der Waals surface area contributed by atoms with Crippen molar-refractivity contribution in [2.45, 2.75) is 77.9 Å². The van der Waals surface area contributed by atoms with Crippen LogP contribution in [0.25, 0.3) is 0 Å². The van der Waals surface area contributed by atoms with Gasteiger partial charge in [0.25, 0.3) is 0 Å². The summed E-state index contributed by atoms with van der Waals surface area (Å²) in [6, 6.07) is 10.6. The van der Waals surface area contributed by atoms with Crippen LogP contribution in [0, 0.1) is 5.41 Å². The predicted molar refractivity (Wildman–Crippen MR) is 123 cm³/mol. The topological polar surface area (TPSA) is 67.9 Å². The number of alkyl carbamates (subject to hydrolysis) is 1. The van der Waals surface area contributed by atoms with Gasteiger partial charge in [-0.1, -0.05) is 43.2 Å². The van der Waals surface area contributed by atoms with Gasteiger partial charge in [-0.25, -0.2) is 4.79 Å². The zero-order chi connectivity index (χ0) is 22.7. The average molecular weight is 433 g/mol. The molecular weight excluding hydrogens is 392 g/mol. The van der Waals surface area contributed by atoms with Crippen molar-refractivity contribution in [2.75, 3.05) is 26.7 Å². The molecule has 1 heterocycles. The van der Waals surface area contributed by atoms with E-state index in [1.54, 1.807) is 0 Å². The van der Waals surface area contributed by atoms with Gasteiger partial charge in [0.05, 0.1) is 7.11 Å². The highest BCUT2D eigenvalue weighted by molar-refractivity contribution is 5.69. The first-order valence-electron chi connectivity index (χ1n) is 11.5. The van der Waals surface area contributed by atoms with Gasteiger partial charge in [-0.3, -0.25) is 9.69 Å². The van der Waals surface area contributed by atoms with E-state index in [0.29, 0.717) is 13.0 Å². The zero-order valence-electron chi connectivity index (χ0n) is 19.7. The van der Waals surface area contributed by atoms with Gasteiger partial charge in [0.2, 0.25) is 0 Å². The highest BCUT2D eigenvalue weighted by atomic mass is 16.6. The minimum Gasteiger partial charge on any atom is -0.469 e. The summed E-state index contributed by atoms with van der Waals surface area (Å²) in [5.74, 6) is -0.143. The molecule has 0 spiro atoms. The van der Waals surface area contributed by atoms with Crippen molar-refractivity contribution in [1.29, 1.82) is 0 Å². The number of hydrogen-bond donors (Lipinski definition) is 1. The Morgan fingerprint density at radius 3 is 2.35 bits per heavy atom. The lowest BCUT2D eigenvalue weighted by Crippen LogP contribution is -2.46. The lowest BCUT2D eigenvalue weighted by molar-refractivity contribution is -0.140. The summed E-state index contributed by atoms with van der Waals surface area (Å²) in [5, 5.41) is 3.03. The van der Waals surface area contributed by atoms with Crippen LogP contribution in [0.2, 0.25) is 0 Å². The summed E-state index contributed by atoms with van der Waals surface area (Å²) in [4.78, 5) is 26.1. The van der Waals surface area contributed by atoms with Gasteiger partial charge in [0.15, 0.2) is 0 Å². The zero-order valence-corrected chi connectivity index (χ0v) is 19.7. The van der Waals surface area contributed by atoms with E-state index < -0.39 is 5.60 Å².